The fraction of sp³-hybridized carbons (Fsp3) is 0.250. The minimum absolute atomic E-state index is 0.501. The highest BCUT2D eigenvalue weighted by molar-refractivity contribution is 6.33. The van der Waals surface area contributed by atoms with Crippen molar-refractivity contribution in [1.82, 2.24) is 0 Å². The van der Waals surface area contributed by atoms with E-state index in [0.29, 0.717) is 6.54 Å². The Morgan fingerprint density at radius 1 is 1.05 bits per heavy atom. The van der Waals surface area contributed by atoms with Crippen LogP contribution >= 0.6 is 11.6 Å². The third kappa shape index (κ3) is 3.28. The molecular weight excluding hydrogens is 256 g/mol. The zero-order valence-corrected chi connectivity index (χ0v) is 11.9. The monoisotopic (exact) mass is 274 g/mol. The molecule has 0 saturated heterocycles. The number of rotatable bonds is 5. The van der Waals surface area contributed by atoms with Crippen LogP contribution in [0.3, 0.4) is 0 Å². The number of benzene rings is 2. The Balaban J connectivity index is 2.32. The van der Waals surface area contributed by atoms with Gasteiger partial charge in [0.1, 0.15) is 0 Å². The van der Waals surface area contributed by atoms with Gasteiger partial charge in [-0.1, -0.05) is 54.1 Å². The highest BCUT2D eigenvalue weighted by atomic mass is 35.5. The fourth-order valence-electron chi connectivity index (χ4n) is 2.23. The molecule has 0 radical (unpaired) electrons. The summed E-state index contributed by atoms with van der Waals surface area (Å²) in [7, 11) is 0. The van der Waals surface area contributed by atoms with E-state index >= 15 is 0 Å². The molecule has 0 aromatic heterocycles. The first-order valence-electron chi connectivity index (χ1n) is 6.52. The number of nitrogens with two attached hydrogens (primary N) is 1. The molecule has 3 heteroatoms. The summed E-state index contributed by atoms with van der Waals surface area (Å²) in [6.45, 7) is 4.37. The molecule has 100 valence electrons. The van der Waals surface area contributed by atoms with Crippen LogP contribution in [0.5, 0.6) is 0 Å². The second-order valence-electron chi connectivity index (χ2n) is 4.45. The van der Waals surface area contributed by atoms with Crippen LogP contribution in [0.15, 0.2) is 48.5 Å². The summed E-state index contributed by atoms with van der Waals surface area (Å²) in [5, 5.41) is 0.765. The van der Waals surface area contributed by atoms with Crippen LogP contribution in [0.1, 0.15) is 18.1 Å². The van der Waals surface area contributed by atoms with Crippen molar-refractivity contribution in [3.63, 3.8) is 0 Å². The van der Waals surface area contributed by atoms with E-state index in [1.165, 1.54) is 5.56 Å². The Hall–Kier alpha value is -1.51. The van der Waals surface area contributed by atoms with Gasteiger partial charge in [-0.25, -0.2) is 0 Å². The van der Waals surface area contributed by atoms with E-state index < -0.39 is 0 Å². The van der Waals surface area contributed by atoms with Crippen LogP contribution in [0.25, 0.3) is 0 Å². The molecule has 2 rings (SSSR count). The molecule has 0 aliphatic heterocycles. The maximum Gasteiger partial charge on any atom is 0.0643 e. The third-order valence-corrected chi connectivity index (χ3v) is 3.51. The van der Waals surface area contributed by atoms with E-state index in [4.69, 9.17) is 17.3 Å². The number of para-hydroxylation sites is 1. The summed E-state index contributed by atoms with van der Waals surface area (Å²) >= 11 is 6.35. The SMILES string of the molecule is CCN(Cc1ccccc1)c1c(Cl)cccc1CN. The molecule has 2 N–H and O–H groups in total. The molecule has 0 bridgehead atoms. The van der Waals surface area contributed by atoms with Crippen molar-refractivity contribution in [2.24, 2.45) is 5.73 Å². The molecule has 0 spiro atoms. The Morgan fingerprint density at radius 3 is 2.42 bits per heavy atom. The van der Waals surface area contributed by atoms with Crippen molar-refractivity contribution >= 4 is 17.3 Å². The summed E-state index contributed by atoms with van der Waals surface area (Å²) in [6.07, 6.45) is 0. The molecule has 0 heterocycles. The number of nitrogens with zero attached hydrogens (tertiary/aromatic N) is 1. The van der Waals surface area contributed by atoms with Gasteiger partial charge in [0.15, 0.2) is 0 Å². The van der Waals surface area contributed by atoms with Gasteiger partial charge in [-0.3, -0.25) is 0 Å². The van der Waals surface area contributed by atoms with E-state index in [2.05, 4.69) is 36.1 Å². The Labute approximate surface area is 119 Å². The second kappa shape index (κ2) is 6.60. The van der Waals surface area contributed by atoms with Crippen LogP contribution in [0.4, 0.5) is 5.69 Å². The van der Waals surface area contributed by atoms with Crippen LogP contribution in [-0.2, 0) is 13.1 Å². The molecule has 0 amide bonds. The van der Waals surface area contributed by atoms with E-state index in [1.54, 1.807) is 0 Å². The lowest BCUT2D eigenvalue weighted by Gasteiger charge is -2.26. The summed E-state index contributed by atoms with van der Waals surface area (Å²) < 4.78 is 0. The smallest absolute Gasteiger partial charge is 0.0643 e. The van der Waals surface area contributed by atoms with Gasteiger partial charge in [-0.15, -0.1) is 0 Å². The molecule has 2 aromatic rings. The number of halogens is 1. The van der Waals surface area contributed by atoms with Crippen molar-refractivity contribution in [3.8, 4) is 0 Å². The molecule has 0 aliphatic rings. The predicted octanol–water partition coefficient (Wildman–Crippen LogP) is 3.83. The predicted molar refractivity (Wildman–Crippen MR) is 82.5 cm³/mol. The standard InChI is InChI=1S/C16H19ClN2/c1-2-19(12-13-7-4-3-5-8-13)16-14(11-18)9-6-10-15(16)17/h3-10H,2,11-12,18H2,1H3. The molecule has 0 atom stereocenters. The maximum atomic E-state index is 6.35. The molecule has 2 aromatic carbocycles. The van der Waals surface area contributed by atoms with Gasteiger partial charge in [0.2, 0.25) is 0 Å². The lowest BCUT2D eigenvalue weighted by molar-refractivity contribution is 0.822. The zero-order valence-electron chi connectivity index (χ0n) is 11.1. The van der Waals surface area contributed by atoms with Gasteiger partial charge in [-0.2, -0.15) is 0 Å². The van der Waals surface area contributed by atoms with Gasteiger partial charge in [-0.05, 0) is 24.1 Å². The van der Waals surface area contributed by atoms with Crippen molar-refractivity contribution in [3.05, 3.63) is 64.7 Å². The van der Waals surface area contributed by atoms with Crippen LogP contribution < -0.4 is 10.6 Å². The van der Waals surface area contributed by atoms with Crippen molar-refractivity contribution in [2.45, 2.75) is 20.0 Å². The first-order valence-corrected chi connectivity index (χ1v) is 6.90. The molecule has 0 saturated carbocycles. The van der Waals surface area contributed by atoms with Crippen molar-refractivity contribution < 1.29 is 0 Å². The first-order chi connectivity index (χ1) is 9.26. The van der Waals surface area contributed by atoms with Gasteiger partial charge in [0.05, 0.1) is 10.7 Å². The maximum absolute atomic E-state index is 6.35. The lowest BCUT2D eigenvalue weighted by Crippen LogP contribution is -2.24. The average Bonchev–Trinajstić information content (AvgIpc) is 2.46. The highest BCUT2D eigenvalue weighted by Gasteiger charge is 2.13. The van der Waals surface area contributed by atoms with E-state index in [-0.39, 0.29) is 0 Å². The first kappa shape index (κ1) is 13.9. The van der Waals surface area contributed by atoms with Crippen LogP contribution in [-0.4, -0.2) is 6.54 Å². The Bertz CT molecular complexity index is 526. The summed E-state index contributed by atoms with van der Waals surface area (Å²) in [4.78, 5) is 2.26. The number of hydrogen-bond donors (Lipinski definition) is 1. The fourth-order valence-corrected chi connectivity index (χ4v) is 2.55. The Morgan fingerprint density at radius 2 is 1.79 bits per heavy atom. The largest absolute Gasteiger partial charge is 0.366 e. The molecular formula is C16H19ClN2. The zero-order chi connectivity index (χ0) is 13.7. The topological polar surface area (TPSA) is 29.3 Å². The molecule has 19 heavy (non-hydrogen) atoms. The third-order valence-electron chi connectivity index (χ3n) is 3.20. The van der Waals surface area contributed by atoms with Gasteiger partial charge < -0.3 is 10.6 Å². The van der Waals surface area contributed by atoms with Crippen LogP contribution in [0.2, 0.25) is 5.02 Å². The quantitative estimate of drug-likeness (QED) is 0.898. The lowest BCUT2D eigenvalue weighted by atomic mass is 10.1. The number of anilines is 1. The summed E-state index contributed by atoms with van der Waals surface area (Å²) in [6, 6.07) is 16.3. The minimum atomic E-state index is 0.501. The number of hydrogen-bond acceptors (Lipinski definition) is 2. The molecule has 0 unspecified atom stereocenters. The highest BCUT2D eigenvalue weighted by Crippen LogP contribution is 2.30. The van der Waals surface area contributed by atoms with E-state index in [0.717, 1.165) is 29.4 Å². The van der Waals surface area contributed by atoms with E-state index in [1.807, 2.05) is 24.3 Å². The van der Waals surface area contributed by atoms with Gasteiger partial charge in [0.25, 0.3) is 0 Å². The van der Waals surface area contributed by atoms with Crippen molar-refractivity contribution in [2.75, 3.05) is 11.4 Å². The molecule has 2 nitrogen and oxygen atoms in total. The summed E-state index contributed by atoms with van der Waals surface area (Å²) in [5.74, 6) is 0. The normalized spacial score (nSPS) is 10.5. The minimum Gasteiger partial charge on any atom is -0.366 e. The Kier molecular flexibility index (Phi) is 4.83. The van der Waals surface area contributed by atoms with E-state index in [9.17, 15) is 0 Å². The van der Waals surface area contributed by atoms with Gasteiger partial charge in [0, 0.05) is 19.6 Å². The average molecular weight is 275 g/mol. The van der Waals surface area contributed by atoms with Crippen molar-refractivity contribution in [1.29, 1.82) is 0 Å². The van der Waals surface area contributed by atoms with Gasteiger partial charge >= 0.3 is 0 Å². The molecule has 0 fully saturated rings. The molecule has 0 aliphatic carbocycles. The van der Waals surface area contributed by atoms with Crippen LogP contribution in [0, 0.1) is 0 Å². The second-order valence-corrected chi connectivity index (χ2v) is 4.86. The summed E-state index contributed by atoms with van der Waals surface area (Å²) in [5.41, 5.74) is 9.23.